The van der Waals surface area contributed by atoms with Crippen LogP contribution in [0.4, 0.5) is 0 Å². The van der Waals surface area contributed by atoms with Crippen LogP contribution in [0, 0.1) is 0 Å². The van der Waals surface area contributed by atoms with E-state index in [0.29, 0.717) is 24.6 Å². The molecule has 1 fully saturated rings. The zero-order valence-corrected chi connectivity index (χ0v) is 7.47. The lowest BCUT2D eigenvalue weighted by atomic mass is 10.6. The first-order valence-corrected chi connectivity index (χ1v) is 5.58. The Kier molecular flexibility index (Phi) is 3.05. The first-order chi connectivity index (χ1) is 5.62. The standard InChI is InChI=1S/C6H12N2O3S/c9-6(10)5-8-12(11)3-1-7-2-4-12/h7H,1-5H2,(H,9,10). The summed E-state index contributed by atoms with van der Waals surface area (Å²) in [6.07, 6.45) is 0. The van der Waals surface area contributed by atoms with Gasteiger partial charge in [0.25, 0.3) is 0 Å². The lowest BCUT2D eigenvalue weighted by Gasteiger charge is -2.16. The van der Waals surface area contributed by atoms with Crippen molar-refractivity contribution in [3.05, 3.63) is 0 Å². The van der Waals surface area contributed by atoms with Crippen molar-refractivity contribution in [2.24, 2.45) is 4.36 Å². The van der Waals surface area contributed by atoms with Crippen LogP contribution in [0.25, 0.3) is 0 Å². The lowest BCUT2D eigenvalue weighted by molar-refractivity contribution is -0.135. The summed E-state index contributed by atoms with van der Waals surface area (Å²) in [7, 11) is -2.20. The summed E-state index contributed by atoms with van der Waals surface area (Å²) < 4.78 is 15.3. The minimum atomic E-state index is -2.20. The molecule has 70 valence electrons. The van der Waals surface area contributed by atoms with E-state index in [1.807, 2.05) is 0 Å². The summed E-state index contributed by atoms with van der Waals surface area (Å²) in [6.45, 7) is 1.00. The maximum Gasteiger partial charge on any atom is 0.326 e. The second-order valence-electron chi connectivity index (χ2n) is 2.61. The van der Waals surface area contributed by atoms with Gasteiger partial charge in [-0.05, 0) is 0 Å². The molecule has 0 bridgehead atoms. The molecule has 1 saturated heterocycles. The maximum atomic E-state index is 11.6. The van der Waals surface area contributed by atoms with E-state index in [4.69, 9.17) is 5.11 Å². The van der Waals surface area contributed by atoms with Crippen molar-refractivity contribution in [1.82, 2.24) is 5.32 Å². The first-order valence-electron chi connectivity index (χ1n) is 3.73. The van der Waals surface area contributed by atoms with Gasteiger partial charge in [-0.2, -0.15) is 0 Å². The molecule has 0 saturated carbocycles. The van der Waals surface area contributed by atoms with Crippen molar-refractivity contribution < 1.29 is 14.1 Å². The van der Waals surface area contributed by atoms with Crippen molar-refractivity contribution in [1.29, 1.82) is 0 Å². The van der Waals surface area contributed by atoms with Gasteiger partial charge in [-0.25, -0.2) is 8.57 Å². The monoisotopic (exact) mass is 192 g/mol. The van der Waals surface area contributed by atoms with Crippen LogP contribution in [0.2, 0.25) is 0 Å². The third kappa shape index (κ3) is 2.78. The first kappa shape index (κ1) is 9.47. The molecule has 5 nitrogen and oxygen atoms in total. The van der Waals surface area contributed by atoms with Gasteiger partial charge in [-0.1, -0.05) is 0 Å². The number of nitrogens with one attached hydrogen (secondary N) is 1. The molecule has 1 aliphatic rings. The number of hydrogen-bond donors (Lipinski definition) is 2. The SMILES string of the molecule is O=C(O)CN=S1(=O)CCNCC1. The second-order valence-corrected chi connectivity index (χ2v) is 5.23. The highest BCUT2D eigenvalue weighted by Gasteiger charge is 2.13. The molecule has 0 radical (unpaired) electrons. The van der Waals surface area contributed by atoms with Crippen molar-refractivity contribution in [3.63, 3.8) is 0 Å². The van der Waals surface area contributed by atoms with Crippen LogP contribution in [-0.2, 0) is 14.5 Å². The number of hydrogen-bond acceptors (Lipinski definition) is 4. The normalized spacial score (nSPS) is 21.7. The predicted octanol–water partition coefficient (Wildman–Crippen LogP) is -0.858. The fourth-order valence-electron chi connectivity index (χ4n) is 0.992. The molecular formula is C6H12N2O3S. The van der Waals surface area contributed by atoms with Crippen LogP contribution in [-0.4, -0.2) is 46.4 Å². The summed E-state index contributed by atoms with van der Waals surface area (Å²) in [5, 5.41) is 11.4. The molecule has 0 spiro atoms. The minimum absolute atomic E-state index is 0.334. The molecule has 2 N–H and O–H groups in total. The van der Waals surface area contributed by atoms with Gasteiger partial charge in [0.05, 0.1) is 0 Å². The molecule has 0 amide bonds. The van der Waals surface area contributed by atoms with Gasteiger partial charge in [0.1, 0.15) is 6.54 Å². The highest BCUT2D eigenvalue weighted by Crippen LogP contribution is 1.99. The average Bonchev–Trinajstić information content (AvgIpc) is 2.03. The van der Waals surface area contributed by atoms with E-state index in [-0.39, 0.29) is 6.54 Å². The highest BCUT2D eigenvalue weighted by molar-refractivity contribution is 7.93. The summed E-state index contributed by atoms with van der Waals surface area (Å²) in [6, 6.07) is 0. The molecule has 1 heterocycles. The Morgan fingerprint density at radius 2 is 2.08 bits per heavy atom. The van der Waals surface area contributed by atoms with Crippen molar-refractivity contribution >= 4 is 15.7 Å². The van der Waals surface area contributed by atoms with E-state index in [1.165, 1.54) is 0 Å². The second kappa shape index (κ2) is 3.86. The molecule has 0 atom stereocenters. The van der Waals surface area contributed by atoms with Gasteiger partial charge >= 0.3 is 5.97 Å². The van der Waals surface area contributed by atoms with E-state index in [9.17, 15) is 9.00 Å². The van der Waals surface area contributed by atoms with Gasteiger partial charge in [0.2, 0.25) is 0 Å². The Balaban J connectivity index is 2.62. The van der Waals surface area contributed by atoms with Crippen molar-refractivity contribution in [3.8, 4) is 0 Å². The van der Waals surface area contributed by atoms with Crippen LogP contribution in [0.5, 0.6) is 0 Å². The third-order valence-corrected chi connectivity index (χ3v) is 3.91. The molecule has 1 rings (SSSR count). The number of carboxylic acid groups (broad SMARTS) is 1. The Hall–Kier alpha value is -0.620. The molecule has 12 heavy (non-hydrogen) atoms. The molecule has 0 unspecified atom stereocenters. The van der Waals surface area contributed by atoms with Gasteiger partial charge in [-0.3, -0.25) is 4.79 Å². The van der Waals surface area contributed by atoms with Gasteiger partial charge in [0, 0.05) is 34.3 Å². The molecule has 0 aliphatic carbocycles. The van der Waals surface area contributed by atoms with Crippen LogP contribution in [0.1, 0.15) is 0 Å². The number of nitrogens with zero attached hydrogens (tertiary/aromatic N) is 1. The number of carboxylic acids is 1. The fraction of sp³-hybridized carbons (Fsp3) is 0.833. The van der Waals surface area contributed by atoms with Crippen LogP contribution in [0.15, 0.2) is 4.36 Å². The largest absolute Gasteiger partial charge is 0.480 e. The maximum absolute atomic E-state index is 11.6. The summed E-state index contributed by atoms with van der Waals surface area (Å²) in [4.78, 5) is 10.1. The predicted molar refractivity (Wildman–Crippen MR) is 45.7 cm³/mol. The van der Waals surface area contributed by atoms with E-state index in [2.05, 4.69) is 9.68 Å². The zero-order chi connectivity index (χ0) is 9.03. The number of carbonyl (C=O) groups is 1. The summed E-state index contributed by atoms with van der Waals surface area (Å²) in [5.74, 6) is -0.0724. The highest BCUT2D eigenvalue weighted by atomic mass is 32.2. The molecule has 0 aromatic carbocycles. The summed E-state index contributed by atoms with van der Waals surface area (Å²) in [5.41, 5.74) is 0. The fourth-order valence-corrected chi connectivity index (χ4v) is 2.73. The molecule has 6 heteroatoms. The quantitative estimate of drug-likeness (QED) is 0.597. The van der Waals surface area contributed by atoms with Crippen LogP contribution >= 0.6 is 0 Å². The van der Waals surface area contributed by atoms with Crippen LogP contribution < -0.4 is 5.32 Å². The van der Waals surface area contributed by atoms with E-state index >= 15 is 0 Å². The molecule has 0 aromatic rings. The zero-order valence-electron chi connectivity index (χ0n) is 6.65. The lowest BCUT2D eigenvalue weighted by Crippen LogP contribution is -2.36. The topological polar surface area (TPSA) is 78.8 Å². The van der Waals surface area contributed by atoms with Gasteiger partial charge in [0.15, 0.2) is 0 Å². The van der Waals surface area contributed by atoms with Crippen molar-refractivity contribution in [2.45, 2.75) is 0 Å². The molecule has 0 aromatic heterocycles. The van der Waals surface area contributed by atoms with Crippen molar-refractivity contribution in [2.75, 3.05) is 31.1 Å². The van der Waals surface area contributed by atoms with E-state index in [0.717, 1.165) is 0 Å². The van der Waals surface area contributed by atoms with E-state index in [1.54, 1.807) is 0 Å². The summed E-state index contributed by atoms with van der Waals surface area (Å²) >= 11 is 0. The molecular weight excluding hydrogens is 180 g/mol. The smallest absolute Gasteiger partial charge is 0.326 e. The number of aliphatic carboxylic acids is 1. The Morgan fingerprint density at radius 1 is 1.50 bits per heavy atom. The Bertz CT molecular complexity index is 269. The van der Waals surface area contributed by atoms with Gasteiger partial charge < -0.3 is 10.4 Å². The third-order valence-electron chi connectivity index (χ3n) is 1.63. The van der Waals surface area contributed by atoms with Gasteiger partial charge in [-0.15, -0.1) is 0 Å². The Labute approximate surface area is 71.3 Å². The molecule has 1 aliphatic heterocycles. The number of rotatable bonds is 2. The Morgan fingerprint density at radius 3 is 2.58 bits per heavy atom. The van der Waals surface area contributed by atoms with E-state index < -0.39 is 15.7 Å². The average molecular weight is 192 g/mol. The van der Waals surface area contributed by atoms with Crippen LogP contribution in [0.3, 0.4) is 0 Å². The minimum Gasteiger partial charge on any atom is -0.480 e.